The first-order chi connectivity index (χ1) is 14.0. The Bertz CT molecular complexity index is 1040. The van der Waals surface area contributed by atoms with E-state index in [0.29, 0.717) is 5.75 Å². The standard InChI is InChI=1S/C22H19NO6/c1-27-21(25)15-10-16(22(26)28-2)12-17(11-15)23-20(24)13-29-19-9-5-7-14-6-3-4-8-18(14)19/h3-12H,13H2,1-2H3,(H,23,24). The van der Waals surface area contributed by atoms with E-state index in [2.05, 4.69) is 14.8 Å². The second-order valence-electron chi connectivity index (χ2n) is 6.10. The lowest BCUT2D eigenvalue weighted by Crippen LogP contribution is -2.21. The van der Waals surface area contributed by atoms with E-state index in [1.54, 1.807) is 6.07 Å². The number of hydrogen-bond donors (Lipinski definition) is 1. The van der Waals surface area contributed by atoms with E-state index in [1.807, 2.05) is 36.4 Å². The van der Waals surface area contributed by atoms with Gasteiger partial charge in [0.15, 0.2) is 6.61 Å². The zero-order valence-corrected chi connectivity index (χ0v) is 15.9. The molecule has 1 amide bonds. The van der Waals surface area contributed by atoms with Gasteiger partial charge in [-0.3, -0.25) is 4.79 Å². The van der Waals surface area contributed by atoms with Crippen molar-refractivity contribution in [3.05, 3.63) is 71.8 Å². The first-order valence-electron chi connectivity index (χ1n) is 8.74. The summed E-state index contributed by atoms with van der Waals surface area (Å²) in [4.78, 5) is 36.0. The van der Waals surface area contributed by atoms with Crippen LogP contribution >= 0.6 is 0 Å². The maximum Gasteiger partial charge on any atom is 0.337 e. The molecule has 7 nitrogen and oxygen atoms in total. The zero-order chi connectivity index (χ0) is 20.8. The number of fused-ring (bicyclic) bond motifs is 1. The Labute approximate surface area is 167 Å². The number of amides is 1. The van der Waals surface area contributed by atoms with Crippen LogP contribution in [0.2, 0.25) is 0 Å². The quantitative estimate of drug-likeness (QED) is 0.645. The van der Waals surface area contributed by atoms with Crippen molar-refractivity contribution >= 4 is 34.3 Å². The van der Waals surface area contributed by atoms with Gasteiger partial charge in [0.2, 0.25) is 0 Å². The molecule has 0 spiro atoms. The third-order valence-electron chi connectivity index (χ3n) is 4.17. The monoisotopic (exact) mass is 393 g/mol. The molecular weight excluding hydrogens is 374 g/mol. The van der Waals surface area contributed by atoms with E-state index in [0.717, 1.165) is 10.8 Å². The number of benzene rings is 3. The summed E-state index contributed by atoms with van der Waals surface area (Å²) in [6.07, 6.45) is 0. The Hall–Kier alpha value is -3.87. The van der Waals surface area contributed by atoms with Gasteiger partial charge in [-0.05, 0) is 29.7 Å². The van der Waals surface area contributed by atoms with E-state index in [1.165, 1.54) is 32.4 Å². The van der Waals surface area contributed by atoms with Gasteiger partial charge in [0, 0.05) is 11.1 Å². The Kier molecular flexibility index (Phi) is 6.09. The SMILES string of the molecule is COC(=O)c1cc(NC(=O)COc2cccc3ccccc23)cc(C(=O)OC)c1. The van der Waals surface area contributed by atoms with Gasteiger partial charge in [-0.1, -0.05) is 36.4 Å². The van der Waals surface area contributed by atoms with E-state index < -0.39 is 17.8 Å². The lowest BCUT2D eigenvalue weighted by molar-refractivity contribution is -0.118. The van der Waals surface area contributed by atoms with Crippen molar-refractivity contribution in [1.29, 1.82) is 0 Å². The molecule has 0 heterocycles. The molecule has 0 atom stereocenters. The van der Waals surface area contributed by atoms with Crippen molar-refractivity contribution < 1.29 is 28.6 Å². The lowest BCUT2D eigenvalue weighted by atomic mass is 10.1. The molecule has 0 aliphatic rings. The van der Waals surface area contributed by atoms with Crippen LogP contribution in [0.15, 0.2) is 60.7 Å². The third kappa shape index (κ3) is 4.70. The molecule has 3 rings (SSSR count). The normalized spacial score (nSPS) is 10.3. The maximum atomic E-state index is 12.4. The molecule has 0 saturated heterocycles. The molecule has 0 aromatic heterocycles. The van der Waals surface area contributed by atoms with Crippen LogP contribution in [0.5, 0.6) is 5.75 Å². The van der Waals surface area contributed by atoms with Crippen LogP contribution in [0, 0.1) is 0 Å². The molecule has 3 aromatic rings. The average Bonchev–Trinajstić information content (AvgIpc) is 2.76. The van der Waals surface area contributed by atoms with Crippen LogP contribution in [-0.2, 0) is 14.3 Å². The van der Waals surface area contributed by atoms with Crippen LogP contribution in [0.4, 0.5) is 5.69 Å². The summed E-state index contributed by atoms with van der Waals surface area (Å²) in [6.45, 7) is -0.246. The fourth-order valence-electron chi connectivity index (χ4n) is 2.83. The number of esters is 2. The lowest BCUT2D eigenvalue weighted by Gasteiger charge is -2.11. The minimum atomic E-state index is -0.641. The fourth-order valence-corrected chi connectivity index (χ4v) is 2.83. The highest BCUT2D eigenvalue weighted by Crippen LogP contribution is 2.25. The predicted molar refractivity (Wildman–Crippen MR) is 107 cm³/mol. The van der Waals surface area contributed by atoms with Crippen molar-refractivity contribution in [2.45, 2.75) is 0 Å². The van der Waals surface area contributed by atoms with Gasteiger partial charge in [-0.15, -0.1) is 0 Å². The maximum absolute atomic E-state index is 12.4. The van der Waals surface area contributed by atoms with Crippen LogP contribution in [-0.4, -0.2) is 38.7 Å². The highest BCUT2D eigenvalue weighted by molar-refractivity contribution is 6.00. The highest BCUT2D eigenvalue weighted by Gasteiger charge is 2.15. The number of anilines is 1. The van der Waals surface area contributed by atoms with E-state index in [4.69, 9.17) is 4.74 Å². The number of methoxy groups -OCH3 is 2. The third-order valence-corrected chi connectivity index (χ3v) is 4.17. The summed E-state index contributed by atoms with van der Waals surface area (Å²) >= 11 is 0. The van der Waals surface area contributed by atoms with Crippen molar-refractivity contribution in [2.75, 3.05) is 26.1 Å². The highest BCUT2D eigenvalue weighted by atomic mass is 16.5. The van der Waals surface area contributed by atoms with Crippen LogP contribution in [0.1, 0.15) is 20.7 Å². The molecule has 0 aliphatic heterocycles. The van der Waals surface area contributed by atoms with E-state index >= 15 is 0 Å². The van der Waals surface area contributed by atoms with Crippen LogP contribution < -0.4 is 10.1 Å². The molecule has 0 fully saturated rings. The van der Waals surface area contributed by atoms with Gasteiger partial charge in [-0.2, -0.15) is 0 Å². The predicted octanol–water partition coefficient (Wildman–Crippen LogP) is 3.43. The molecule has 0 unspecified atom stereocenters. The van der Waals surface area contributed by atoms with Crippen LogP contribution in [0.25, 0.3) is 10.8 Å². The number of carbonyl (C=O) groups excluding carboxylic acids is 3. The first kappa shape index (κ1) is 19.9. The fraction of sp³-hybridized carbons (Fsp3) is 0.136. The largest absolute Gasteiger partial charge is 0.483 e. The zero-order valence-electron chi connectivity index (χ0n) is 15.9. The number of carbonyl (C=O) groups is 3. The topological polar surface area (TPSA) is 90.9 Å². The van der Waals surface area contributed by atoms with Gasteiger partial charge in [-0.25, -0.2) is 9.59 Å². The molecule has 3 aromatic carbocycles. The molecule has 0 aliphatic carbocycles. The van der Waals surface area contributed by atoms with Crippen molar-refractivity contribution in [2.24, 2.45) is 0 Å². The molecule has 0 saturated carbocycles. The van der Waals surface area contributed by atoms with Gasteiger partial charge in [0.05, 0.1) is 25.3 Å². The molecule has 148 valence electrons. The molecule has 7 heteroatoms. The second kappa shape index (κ2) is 8.88. The van der Waals surface area contributed by atoms with Crippen molar-refractivity contribution in [3.63, 3.8) is 0 Å². The van der Waals surface area contributed by atoms with Gasteiger partial charge in [0.25, 0.3) is 5.91 Å². The second-order valence-corrected chi connectivity index (χ2v) is 6.10. The number of nitrogens with one attached hydrogen (secondary N) is 1. The van der Waals surface area contributed by atoms with Crippen molar-refractivity contribution in [1.82, 2.24) is 0 Å². The first-order valence-corrected chi connectivity index (χ1v) is 8.74. The van der Waals surface area contributed by atoms with E-state index in [9.17, 15) is 14.4 Å². The molecule has 29 heavy (non-hydrogen) atoms. The Morgan fingerprint density at radius 3 is 2.10 bits per heavy atom. The van der Waals surface area contributed by atoms with Gasteiger partial charge >= 0.3 is 11.9 Å². The number of rotatable bonds is 6. The summed E-state index contributed by atoms with van der Waals surface area (Å²) in [5, 5.41) is 4.51. The smallest absolute Gasteiger partial charge is 0.337 e. The summed E-state index contributed by atoms with van der Waals surface area (Å²) in [5.74, 6) is -1.15. The van der Waals surface area contributed by atoms with Gasteiger partial charge < -0.3 is 19.5 Å². The van der Waals surface area contributed by atoms with Gasteiger partial charge in [0.1, 0.15) is 5.75 Å². The number of ether oxygens (including phenoxy) is 3. The Balaban J connectivity index is 1.76. The van der Waals surface area contributed by atoms with Crippen LogP contribution in [0.3, 0.4) is 0 Å². The summed E-state index contributed by atoms with van der Waals surface area (Å²) < 4.78 is 15.0. The summed E-state index contributed by atoms with van der Waals surface area (Å²) in [7, 11) is 2.45. The Morgan fingerprint density at radius 1 is 0.828 bits per heavy atom. The minimum absolute atomic E-state index is 0.112. The van der Waals surface area contributed by atoms with Crippen molar-refractivity contribution in [3.8, 4) is 5.75 Å². The summed E-state index contributed by atoms with van der Waals surface area (Å²) in [6, 6.07) is 17.4. The Morgan fingerprint density at radius 2 is 1.45 bits per heavy atom. The minimum Gasteiger partial charge on any atom is -0.483 e. The molecule has 0 radical (unpaired) electrons. The summed E-state index contributed by atoms with van der Waals surface area (Å²) in [5.41, 5.74) is 0.473. The van der Waals surface area contributed by atoms with E-state index in [-0.39, 0.29) is 23.4 Å². The average molecular weight is 393 g/mol. The molecular formula is C22H19NO6. The number of hydrogen-bond acceptors (Lipinski definition) is 6. The molecule has 0 bridgehead atoms. The molecule has 1 N–H and O–H groups in total.